The Bertz CT molecular complexity index is 529. The molecule has 0 amide bonds. The fourth-order valence-corrected chi connectivity index (χ4v) is 3.71. The molecule has 0 spiro atoms. The van der Waals surface area contributed by atoms with Crippen LogP contribution in [0.2, 0.25) is 0 Å². The molecule has 2 unspecified atom stereocenters. The third-order valence-corrected chi connectivity index (χ3v) is 4.81. The van der Waals surface area contributed by atoms with E-state index in [4.69, 9.17) is 5.26 Å². The van der Waals surface area contributed by atoms with E-state index in [0.717, 1.165) is 18.0 Å². The summed E-state index contributed by atoms with van der Waals surface area (Å²) in [6, 6.07) is 9.70. The van der Waals surface area contributed by atoms with E-state index >= 15 is 0 Å². The van der Waals surface area contributed by atoms with Crippen LogP contribution >= 0.6 is 0 Å². The van der Waals surface area contributed by atoms with Crippen LogP contribution in [-0.2, 0) is 0 Å². The summed E-state index contributed by atoms with van der Waals surface area (Å²) < 4.78 is 0. The van der Waals surface area contributed by atoms with Crippen LogP contribution in [0.3, 0.4) is 0 Å². The Morgan fingerprint density at radius 3 is 2.70 bits per heavy atom. The van der Waals surface area contributed by atoms with Crippen molar-refractivity contribution in [2.24, 2.45) is 5.92 Å². The molecule has 1 saturated heterocycles. The zero-order valence-corrected chi connectivity index (χ0v) is 11.7. The molecule has 2 atom stereocenters. The molecule has 0 aromatic heterocycles. The highest BCUT2D eigenvalue weighted by molar-refractivity contribution is 5.97. The number of Topliss-reactive ketones (excluding diaryl/α,β-unsaturated/α-hetero) is 1. The second-order valence-corrected chi connectivity index (χ2v) is 5.98. The third kappa shape index (κ3) is 2.62. The van der Waals surface area contributed by atoms with Crippen molar-refractivity contribution < 1.29 is 4.79 Å². The lowest BCUT2D eigenvalue weighted by molar-refractivity contribution is 0.0896. The molecule has 104 valence electrons. The minimum atomic E-state index is 0.181. The zero-order chi connectivity index (χ0) is 13.9. The number of nitrogens with zero attached hydrogens (tertiary/aromatic N) is 2. The molecule has 0 radical (unpaired) electrons. The average Bonchev–Trinajstić information content (AvgIpc) is 2.91. The SMILES string of the molecule is N#Cc1ccc(C(=O)CN2CCC3CCCCC32)cc1. The minimum absolute atomic E-state index is 0.181. The summed E-state index contributed by atoms with van der Waals surface area (Å²) in [5, 5.41) is 8.78. The number of ketones is 1. The Morgan fingerprint density at radius 1 is 1.20 bits per heavy atom. The van der Waals surface area contributed by atoms with Crippen molar-refractivity contribution in [3.63, 3.8) is 0 Å². The first-order valence-corrected chi connectivity index (χ1v) is 7.55. The maximum atomic E-state index is 12.4. The fourth-order valence-electron chi connectivity index (χ4n) is 3.71. The van der Waals surface area contributed by atoms with Gasteiger partial charge in [0.05, 0.1) is 18.2 Å². The van der Waals surface area contributed by atoms with Gasteiger partial charge in [-0.25, -0.2) is 0 Å². The van der Waals surface area contributed by atoms with Crippen LogP contribution in [0.25, 0.3) is 0 Å². The van der Waals surface area contributed by atoms with Crippen LogP contribution in [0.1, 0.15) is 48.0 Å². The predicted octanol–water partition coefficient (Wildman–Crippen LogP) is 3.01. The van der Waals surface area contributed by atoms with Gasteiger partial charge in [-0.05, 0) is 43.9 Å². The van der Waals surface area contributed by atoms with Crippen molar-refractivity contribution in [1.29, 1.82) is 5.26 Å². The fraction of sp³-hybridized carbons (Fsp3) is 0.529. The molecule has 3 heteroatoms. The van der Waals surface area contributed by atoms with Crippen molar-refractivity contribution in [3.8, 4) is 6.07 Å². The first-order valence-electron chi connectivity index (χ1n) is 7.55. The summed E-state index contributed by atoms with van der Waals surface area (Å²) in [7, 11) is 0. The molecule has 0 bridgehead atoms. The first-order chi connectivity index (χ1) is 9.78. The smallest absolute Gasteiger partial charge is 0.176 e. The van der Waals surface area contributed by atoms with Crippen LogP contribution in [0.15, 0.2) is 24.3 Å². The van der Waals surface area contributed by atoms with E-state index in [-0.39, 0.29) is 5.78 Å². The molecular formula is C17H20N2O. The van der Waals surface area contributed by atoms with E-state index in [9.17, 15) is 4.79 Å². The molecule has 1 heterocycles. The van der Waals surface area contributed by atoms with Crippen molar-refractivity contribution in [3.05, 3.63) is 35.4 Å². The highest BCUT2D eigenvalue weighted by Gasteiger charge is 2.36. The third-order valence-electron chi connectivity index (χ3n) is 4.81. The highest BCUT2D eigenvalue weighted by atomic mass is 16.1. The molecule has 1 aromatic rings. The normalized spacial score (nSPS) is 25.9. The molecule has 1 saturated carbocycles. The van der Waals surface area contributed by atoms with Gasteiger partial charge in [0.25, 0.3) is 0 Å². The van der Waals surface area contributed by atoms with Crippen molar-refractivity contribution in [2.45, 2.75) is 38.1 Å². The van der Waals surface area contributed by atoms with E-state index in [1.165, 1.54) is 32.1 Å². The van der Waals surface area contributed by atoms with E-state index in [0.29, 0.717) is 18.2 Å². The molecule has 1 aliphatic carbocycles. The van der Waals surface area contributed by atoms with E-state index < -0.39 is 0 Å². The minimum Gasteiger partial charge on any atom is -0.293 e. The van der Waals surface area contributed by atoms with Gasteiger partial charge in [-0.1, -0.05) is 25.0 Å². The lowest BCUT2D eigenvalue weighted by atomic mass is 9.85. The Balaban J connectivity index is 1.65. The maximum Gasteiger partial charge on any atom is 0.176 e. The Labute approximate surface area is 120 Å². The summed E-state index contributed by atoms with van der Waals surface area (Å²) >= 11 is 0. The highest BCUT2D eigenvalue weighted by Crippen LogP contribution is 2.35. The predicted molar refractivity (Wildman–Crippen MR) is 77.4 cm³/mol. The average molecular weight is 268 g/mol. The first kappa shape index (κ1) is 13.3. The summed E-state index contributed by atoms with van der Waals surface area (Å²) in [6.45, 7) is 1.60. The van der Waals surface area contributed by atoms with Crippen LogP contribution in [0.4, 0.5) is 0 Å². The molecular weight excluding hydrogens is 248 g/mol. The van der Waals surface area contributed by atoms with Crippen LogP contribution in [0, 0.1) is 17.2 Å². The molecule has 1 aromatic carbocycles. The topological polar surface area (TPSA) is 44.1 Å². The monoisotopic (exact) mass is 268 g/mol. The van der Waals surface area contributed by atoms with Gasteiger partial charge in [-0.3, -0.25) is 9.69 Å². The lowest BCUT2D eigenvalue weighted by Gasteiger charge is -2.31. The Morgan fingerprint density at radius 2 is 1.95 bits per heavy atom. The largest absolute Gasteiger partial charge is 0.293 e. The maximum absolute atomic E-state index is 12.4. The Kier molecular flexibility index (Phi) is 3.84. The molecule has 1 aliphatic heterocycles. The van der Waals surface area contributed by atoms with Crippen molar-refractivity contribution in [1.82, 2.24) is 4.90 Å². The molecule has 2 fully saturated rings. The molecule has 20 heavy (non-hydrogen) atoms. The van der Waals surface area contributed by atoms with Crippen molar-refractivity contribution in [2.75, 3.05) is 13.1 Å². The number of rotatable bonds is 3. The molecule has 3 rings (SSSR count). The van der Waals surface area contributed by atoms with Gasteiger partial charge >= 0.3 is 0 Å². The van der Waals surface area contributed by atoms with Gasteiger partial charge in [0.2, 0.25) is 0 Å². The number of carbonyl (C=O) groups is 1. The number of carbonyl (C=O) groups excluding carboxylic acids is 1. The molecule has 3 nitrogen and oxygen atoms in total. The standard InChI is InChI=1S/C17H20N2O/c18-11-13-5-7-15(8-6-13)17(20)12-19-10-9-14-3-1-2-4-16(14)19/h5-8,14,16H,1-4,9-10,12H2. The van der Waals surface area contributed by atoms with Gasteiger partial charge in [-0.15, -0.1) is 0 Å². The van der Waals surface area contributed by atoms with Crippen molar-refractivity contribution >= 4 is 5.78 Å². The summed E-state index contributed by atoms with van der Waals surface area (Å²) in [6.07, 6.45) is 6.52. The van der Waals surface area contributed by atoms with E-state index in [1.54, 1.807) is 24.3 Å². The number of fused-ring (bicyclic) bond motifs is 1. The van der Waals surface area contributed by atoms with Gasteiger partial charge < -0.3 is 0 Å². The quantitative estimate of drug-likeness (QED) is 0.791. The van der Waals surface area contributed by atoms with Crippen LogP contribution in [0.5, 0.6) is 0 Å². The Hall–Kier alpha value is -1.66. The number of nitriles is 1. The molecule has 0 N–H and O–H groups in total. The van der Waals surface area contributed by atoms with Crippen LogP contribution < -0.4 is 0 Å². The second-order valence-electron chi connectivity index (χ2n) is 5.98. The lowest BCUT2D eigenvalue weighted by Crippen LogP contribution is -2.38. The van der Waals surface area contributed by atoms with E-state index in [2.05, 4.69) is 11.0 Å². The van der Waals surface area contributed by atoms with Gasteiger partial charge in [0, 0.05) is 11.6 Å². The van der Waals surface area contributed by atoms with Gasteiger partial charge in [0.1, 0.15) is 0 Å². The summed E-state index contributed by atoms with van der Waals surface area (Å²) in [5.74, 6) is 0.998. The van der Waals surface area contributed by atoms with E-state index in [1.807, 2.05) is 0 Å². The summed E-state index contributed by atoms with van der Waals surface area (Å²) in [5.41, 5.74) is 1.33. The number of benzene rings is 1. The molecule has 2 aliphatic rings. The number of likely N-dealkylation sites (tertiary alicyclic amines) is 1. The van der Waals surface area contributed by atoms with Gasteiger partial charge in [-0.2, -0.15) is 5.26 Å². The number of hydrogen-bond acceptors (Lipinski definition) is 3. The summed E-state index contributed by atoms with van der Waals surface area (Å²) in [4.78, 5) is 14.7. The van der Waals surface area contributed by atoms with Gasteiger partial charge in [0.15, 0.2) is 5.78 Å². The number of hydrogen-bond donors (Lipinski definition) is 0. The zero-order valence-electron chi connectivity index (χ0n) is 11.7. The van der Waals surface area contributed by atoms with Crippen LogP contribution in [-0.4, -0.2) is 29.8 Å². The second kappa shape index (κ2) is 5.76.